The first kappa shape index (κ1) is 13.9. The lowest BCUT2D eigenvalue weighted by molar-refractivity contribution is 0.175. The van der Waals surface area contributed by atoms with Gasteiger partial charge in [-0.3, -0.25) is 4.90 Å². The van der Waals surface area contributed by atoms with Gasteiger partial charge in [0.05, 0.1) is 12.7 Å². The van der Waals surface area contributed by atoms with Crippen LogP contribution in [-0.4, -0.2) is 25.1 Å². The van der Waals surface area contributed by atoms with Crippen LogP contribution in [0.4, 0.5) is 0 Å². The lowest BCUT2D eigenvalue weighted by atomic mass is 9.94. The Kier molecular flexibility index (Phi) is 4.81. The maximum absolute atomic E-state index is 8.98. The van der Waals surface area contributed by atoms with Crippen molar-refractivity contribution >= 4 is 0 Å². The van der Waals surface area contributed by atoms with Gasteiger partial charge in [-0.15, -0.1) is 0 Å². The predicted octanol–water partition coefficient (Wildman–Crippen LogP) is 3.19. The lowest BCUT2D eigenvalue weighted by Crippen LogP contribution is -2.33. The van der Waals surface area contributed by atoms with Gasteiger partial charge < -0.3 is 4.74 Å². The minimum Gasteiger partial charge on any atom is -0.495 e. The molecule has 0 N–H and O–H groups in total. The van der Waals surface area contributed by atoms with E-state index in [2.05, 4.69) is 17.9 Å². The first-order valence-electron chi connectivity index (χ1n) is 7.06. The lowest BCUT2D eigenvalue weighted by Gasteiger charge is -2.31. The van der Waals surface area contributed by atoms with E-state index in [-0.39, 0.29) is 0 Å². The van der Waals surface area contributed by atoms with E-state index in [9.17, 15) is 0 Å². The summed E-state index contributed by atoms with van der Waals surface area (Å²) < 4.78 is 5.26. The highest BCUT2D eigenvalue weighted by Crippen LogP contribution is 2.24. The van der Waals surface area contributed by atoms with Gasteiger partial charge in [-0.1, -0.05) is 19.4 Å². The van der Waals surface area contributed by atoms with Gasteiger partial charge in [0, 0.05) is 6.54 Å². The minimum atomic E-state index is 0.607. The second kappa shape index (κ2) is 6.58. The average Bonchev–Trinajstić information content (AvgIpc) is 2.48. The third-order valence-corrected chi connectivity index (χ3v) is 4.08. The molecule has 0 radical (unpaired) electrons. The maximum atomic E-state index is 8.98. The summed E-state index contributed by atoms with van der Waals surface area (Å²) in [6, 6.07) is 8.03. The van der Waals surface area contributed by atoms with Crippen molar-refractivity contribution in [1.29, 1.82) is 5.26 Å². The van der Waals surface area contributed by atoms with Gasteiger partial charge >= 0.3 is 0 Å². The van der Waals surface area contributed by atoms with Crippen molar-refractivity contribution in [2.24, 2.45) is 5.92 Å². The van der Waals surface area contributed by atoms with Crippen LogP contribution in [0, 0.1) is 17.2 Å². The van der Waals surface area contributed by atoms with Gasteiger partial charge in [-0.25, -0.2) is 0 Å². The van der Waals surface area contributed by atoms with Crippen molar-refractivity contribution in [3.63, 3.8) is 0 Å². The summed E-state index contributed by atoms with van der Waals surface area (Å²) in [5, 5.41) is 8.98. The van der Waals surface area contributed by atoms with Crippen LogP contribution in [0.15, 0.2) is 18.2 Å². The molecule has 3 nitrogen and oxygen atoms in total. The number of methoxy groups -OCH3 is 1. The minimum absolute atomic E-state index is 0.607. The quantitative estimate of drug-likeness (QED) is 0.832. The first-order valence-corrected chi connectivity index (χ1v) is 7.06. The molecule has 1 heterocycles. The van der Waals surface area contributed by atoms with E-state index in [1.807, 2.05) is 18.2 Å². The van der Waals surface area contributed by atoms with Crippen molar-refractivity contribution in [2.75, 3.05) is 20.2 Å². The largest absolute Gasteiger partial charge is 0.495 e. The summed E-state index contributed by atoms with van der Waals surface area (Å²) >= 11 is 0. The Morgan fingerprint density at radius 3 is 2.68 bits per heavy atom. The molecule has 1 fully saturated rings. The van der Waals surface area contributed by atoms with Crippen molar-refractivity contribution in [1.82, 2.24) is 4.90 Å². The van der Waals surface area contributed by atoms with Gasteiger partial charge in [0.15, 0.2) is 0 Å². The van der Waals surface area contributed by atoms with Gasteiger partial charge in [0.2, 0.25) is 0 Å². The van der Waals surface area contributed by atoms with Crippen LogP contribution in [0.2, 0.25) is 0 Å². The van der Waals surface area contributed by atoms with Crippen LogP contribution >= 0.6 is 0 Å². The molecule has 1 aromatic carbocycles. The maximum Gasteiger partial charge on any atom is 0.136 e. The molecule has 1 aromatic rings. The van der Waals surface area contributed by atoms with Crippen LogP contribution in [0.3, 0.4) is 0 Å². The number of nitrogens with zero attached hydrogens (tertiary/aromatic N) is 2. The first-order chi connectivity index (χ1) is 9.26. The molecule has 0 bridgehead atoms. The van der Waals surface area contributed by atoms with Gasteiger partial charge in [-0.2, -0.15) is 5.26 Å². The van der Waals surface area contributed by atoms with E-state index < -0.39 is 0 Å². The van der Waals surface area contributed by atoms with E-state index in [1.165, 1.54) is 37.9 Å². The fourth-order valence-electron chi connectivity index (χ4n) is 2.74. The summed E-state index contributed by atoms with van der Waals surface area (Å²) in [6.45, 7) is 5.60. The molecular weight excluding hydrogens is 236 g/mol. The molecule has 2 rings (SSSR count). The van der Waals surface area contributed by atoms with E-state index in [0.29, 0.717) is 11.3 Å². The standard InChI is InChI=1S/C16H22N2O/c1-3-13-6-8-18(9-7-13)12-14-4-5-15(11-17)16(10-14)19-2/h4-5,10,13H,3,6-9,12H2,1-2H3. The zero-order valence-electron chi connectivity index (χ0n) is 11.9. The highest BCUT2D eigenvalue weighted by molar-refractivity contribution is 5.45. The molecule has 0 amide bonds. The van der Waals surface area contributed by atoms with Crippen LogP contribution in [0.25, 0.3) is 0 Å². The Morgan fingerprint density at radius 2 is 2.11 bits per heavy atom. The van der Waals surface area contributed by atoms with Crippen LogP contribution in [0.5, 0.6) is 5.75 Å². The molecule has 3 heteroatoms. The van der Waals surface area contributed by atoms with E-state index >= 15 is 0 Å². The zero-order chi connectivity index (χ0) is 13.7. The fraction of sp³-hybridized carbons (Fsp3) is 0.562. The summed E-state index contributed by atoms with van der Waals surface area (Å²) in [5.41, 5.74) is 1.83. The number of likely N-dealkylation sites (tertiary alicyclic amines) is 1. The molecule has 0 aliphatic carbocycles. The Bertz CT molecular complexity index is 456. The summed E-state index contributed by atoms with van der Waals surface area (Å²) in [4.78, 5) is 2.49. The summed E-state index contributed by atoms with van der Waals surface area (Å²) in [5.74, 6) is 1.59. The average molecular weight is 258 g/mol. The second-order valence-electron chi connectivity index (χ2n) is 5.27. The molecule has 0 spiro atoms. The number of rotatable bonds is 4. The molecule has 102 valence electrons. The number of ether oxygens (including phenoxy) is 1. The molecule has 1 aliphatic rings. The smallest absolute Gasteiger partial charge is 0.136 e. The second-order valence-corrected chi connectivity index (χ2v) is 5.27. The van der Waals surface area contributed by atoms with Crippen molar-refractivity contribution in [3.05, 3.63) is 29.3 Å². The number of hydrogen-bond acceptors (Lipinski definition) is 3. The highest BCUT2D eigenvalue weighted by atomic mass is 16.5. The molecule has 1 aliphatic heterocycles. The number of nitriles is 1. The topological polar surface area (TPSA) is 36.3 Å². The van der Waals surface area contributed by atoms with Crippen molar-refractivity contribution in [3.8, 4) is 11.8 Å². The van der Waals surface area contributed by atoms with Gasteiger partial charge in [0.25, 0.3) is 0 Å². The third-order valence-electron chi connectivity index (χ3n) is 4.08. The number of piperidine rings is 1. The van der Waals surface area contributed by atoms with Gasteiger partial charge in [0.1, 0.15) is 11.8 Å². The monoisotopic (exact) mass is 258 g/mol. The van der Waals surface area contributed by atoms with Gasteiger partial charge in [-0.05, 0) is 49.5 Å². The normalized spacial score (nSPS) is 17.1. The Morgan fingerprint density at radius 1 is 1.37 bits per heavy atom. The van der Waals surface area contributed by atoms with Crippen LogP contribution < -0.4 is 4.74 Å². The highest BCUT2D eigenvalue weighted by Gasteiger charge is 2.18. The summed E-state index contributed by atoms with van der Waals surface area (Å²) in [7, 11) is 1.62. The summed E-state index contributed by atoms with van der Waals surface area (Å²) in [6.07, 6.45) is 3.92. The number of hydrogen-bond donors (Lipinski definition) is 0. The third kappa shape index (κ3) is 3.48. The number of benzene rings is 1. The van der Waals surface area contributed by atoms with Crippen molar-refractivity contribution < 1.29 is 4.74 Å². The molecule has 0 aromatic heterocycles. The zero-order valence-corrected chi connectivity index (χ0v) is 11.9. The van der Waals surface area contributed by atoms with Crippen LogP contribution in [0.1, 0.15) is 37.3 Å². The van der Waals surface area contributed by atoms with E-state index in [1.54, 1.807) is 7.11 Å². The van der Waals surface area contributed by atoms with Crippen LogP contribution in [-0.2, 0) is 6.54 Å². The molecule has 0 unspecified atom stereocenters. The van der Waals surface area contributed by atoms with E-state index in [0.717, 1.165) is 12.5 Å². The molecule has 0 atom stereocenters. The molecule has 0 saturated carbocycles. The Hall–Kier alpha value is -1.53. The van der Waals surface area contributed by atoms with Crippen molar-refractivity contribution in [2.45, 2.75) is 32.7 Å². The van der Waals surface area contributed by atoms with E-state index in [4.69, 9.17) is 10.00 Å². The SMILES string of the molecule is CCC1CCN(Cc2ccc(C#N)c(OC)c2)CC1. The predicted molar refractivity (Wildman–Crippen MR) is 76.0 cm³/mol. The Balaban J connectivity index is 1.98. The molecular formula is C16H22N2O. The fourth-order valence-corrected chi connectivity index (χ4v) is 2.74. The molecule has 19 heavy (non-hydrogen) atoms. The molecule has 1 saturated heterocycles. The Labute approximate surface area is 115 Å².